The topological polar surface area (TPSA) is 29.5 Å². The van der Waals surface area contributed by atoms with Gasteiger partial charge in [0.05, 0.1) is 13.2 Å². The molecule has 0 aromatic heterocycles. The molecule has 0 aliphatic carbocycles. The first kappa shape index (κ1) is 15.0. The van der Waals surface area contributed by atoms with Crippen molar-refractivity contribution >= 4 is 17.5 Å². The molecule has 1 heterocycles. The lowest BCUT2D eigenvalue weighted by Crippen LogP contribution is -2.41. The van der Waals surface area contributed by atoms with Crippen molar-refractivity contribution < 1.29 is 9.53 Å². The van der Waals surface area contributed by atoms with Gasteiger partial charge in [0.25, 0.3) is 0 Å². The Labute approximate surface area is 114 Å². The minimum absolute atomic E-state index is 0.0837. The molecule has 0 N–H and O–H groups in total. The highest BCUT2D eigenvalue weighted by Gasteiger charge is 2.24. The molecule has 2 rings (SSSR count). The zero-order chi connectivity index (χ0) is 13.5. The number of benzene rings is 1. The van der Waals surface area contributed by atoms with Crippen LogP contribution in [0.4, 0.5) is 0 Å². The molecule has 100 valence electrons. The normalized spacial score (nSPS) is 18.9. The summed E-state index contributed by atoms with van der Waals surface area (Å²) in [5.74, 6) is 0.0837. The van der Waals surface area contributed by atoms with E-state index in [2.05, 4.69) is 0 Å². The summed E-state index contributed by atoms with van der Waals surface area (Å²) < 4.78 is 5.65. The maximum Gasteiger partial charge on any atom is 0.219 e. The first-order chi connectivity index (χ1) is 8.68. The largest absolute Gasteiger partial charge is 0.370 e. The molecule has 1 saturated heterocycles. The van der Waals surface area contributed by atoms with Gasteiger partial charge in [-0.1, -0.05) is 43.6 Å². The van der Waals surface area contributed by atoms with E-state index in [4.69, 9.17) is 16.3 Å². The second kappa shape index (κ2) is 7.39. The van der Waals surface area contributed by atoms with Gasteiger partial charge in [0, 0.05) is 24.1 Å². The standard InChI is InChI=1S/C12H14ClNO2.C2H6/c1-9(15)14-6-7-16-12(8-14)10-4-2-3-5-11(10)13;1-2/h2-5,12H,6-8H2,1H3;1-2H3. The van der Waals surface area contributed by atoms with E-state index < -0.39 is 0 Å². The maximum absolute atomic E-state index is 11.3. The Morgan fingerprint density at radius 2 is 2.06 bits per heavy atom. The lowest BCUT2D eigenvalue weighted by molar-refractivity contribution is -0.136. The second-order valence-electron chi connectivity index (χ2n) is 3.85. The van der Waals surface area contributed by atoms with Gasteiger partial charge >= 0.3 is 0 Å². The van der Waals surface area contributed by atoms with E-state index in [1.807, 2.05) is 38.1 Å². The van der Waals surface area contributed by atoms with Crippen molar-refractivity contribution in [2.24, 2.45) is 0 Å². The molecule has 1 aromatic rings. The third kappa shape index (κ3) is 3.72. The van der Waals surface area contributed by atoms with Gasteiger partial charge in [0.1, 0.15) is 6.10 Å². The van der Waals surface area contributed by atoms with Crippen molar-refractivity contribution in [3.05, 3.63) is 34.9 Å². The third-order valence-corrected chi connectivity index (χ3v) is 3.11. The number of halogens is 1. The zero-order valence-corrected chi connectivity index (χ0v) is 11.9. The highest BCUT2D eigenvalue weighted by atomic mass is 35.5. The van der Waals surface area contributed by atoms with E-state index in [1.54, 1.807) is 11.8 Å². The van der Waals surface area contributed by atoms with Gasteiger partial charge in [-0.05, 0) is 6.07 Å². The molecular formula is C14H20ClNO2. The molecule has 0 saturated carbocycles. The fraction of sp³-hybridized carbons (Fsp3) is 0.500. The van der Waals surface area contributed by atoms with Gasteiger partial charge in [-0.25, -0.2) is 0 Å². The average molecular weight is 270 g/mol. The summed E-state index contributed by atoms with van der Waals surface area (Å²) in [7, 11) is 0. The van der Waals surface area contributed by atoms with Crippen LogP contribution in [0.2, 0.25) is 5.02 Å². The molecule has 18 heavy (non-hydrogen) atoms. The molecule has 4 heteroatoms. The molecule has 0 bridgehead atoms. The van der Waals surface area contributed by atoms with Gasteiger partial charge in [0.15, 0.2) is 0 Å². The lowest BCUT2D eigenvalue weighted by Gasteiger charge is -2.32. The van der Waals surface area contributed by atoms with Crippen molar-refractivity contribution in [3.8, 4) is 0 Å². The van der Waals surface area contributed by atoms with Gasteiger partial charge in [0.2, 0.25) is 5.91 Å². The van der Waals surface area contributed by atoms with Gasteiger partial charge in [-0.3, -0.25) is 4.79 Å². The Kier molecular flexibility index (Phi) is 6.16. The van der Waals surface area contributed by atoms with E-state index in [0.29, 0.717) is 24.7 Å². The fourth-order valence-electron chi connectivity index (χ4n) is 1.86. The maximum atomic E-state index is 11.3. The number of morpholine rings is 1. The van der Waals surface area contributed by atoms with Crippen LogP contribution in [0.5, 0.6) is 0 Å². The van der Waals surface area contributed by atoms with Crippen molar-refractivity contribution in [1.82, 2.24) is 4.90 Å². The number of rotatable bonds is 1. The Hall–Kier alpha value is -1.06. The van der Waals surface area contributed by atoms with Crippen LogP contribution >= 0.6 is 11.6 Å². The number of nitrogens with zero attached hydrogens (tertiary/aromatic N) is 1. The van der Waals surface area contributed by atoms with E-state index in [0.717, 1.165) is 5.56 Å². The van der Waals surface area contributed by atoms with Crippen LogP contribution in [-0.2, 0) is 9.53 Å². The summed E-state index contributed by atoms with van der Waals surface area (Å²) in [5, 5.41) is 0.693. The summed E-state index contributed by atoms with van der Waals surface area (Å²) in [6, 6.07) is 7.60. The van der Waals surface area contributed by atoms with E-state index in [1.165, 1.54) is 0 Å². The molecule has 1 aromatic carbocycles. The molecular weight excluding hydrogens is 250 g/mol. The smallest absolute Gasteiger partial charge is 0.219 e. The van der Waals surface area contributed by atoms with Crippen LogP contribution in [0.1, 0.15) is 32.4 Å². The molecule has 3 nitrogen and oxygen atoms in total. The predicted molar refractivity (Wildman–Crippen MR) is 73.7 cm³/mol. The number of carbonyl (C=O) groups excluding carboxylic acids is 1. The average Bonchev–Trinajstić information content (AvgIpc) is 2.42. The fourth-order valence-corrected chi connectivity index (χ4v) is 2.12. The number of hydrogen-bond acceptors (Lipinski definition) is 2. The van der Waals surface area contributed by atoms with Crippen LogP contribution < -0.4 is 0 Å². The number of amides is 1. The van der Waals surface area contributed by atoms with E-state index in [-0.39, 0.29) is 12.0 Å². The summed E-state index contributed by atoms with van der Waals surface area (Å²) in [6.45, 7) is 7.39. The number of ether oxygens (including phenoxy) is 1. The minimum Gasteiger partial charge on any atom is -0.370 e. The molecule has 1 aliphatic heterocycles. The zero-order valence-electron chi connectivity index (χ0n) is 11.1. The summed E-state index contributed by atoms with van der Waals surface area (Å²) in [5.41, 5.74) is 0.954. The summed E-state index contributed by atoms with van der Waals surface area (Å²) in [6.07, 6.45) is -0.105. The summed E-state index contributed by atoms with van der Waals surface area (Å²) in [4.78, 5) is 13.1. The summed E-state index contributed by atoms with van der Waals surface area (Å²) >= 11 is 6.10. The van der Waals surface area contributed by atoms with Crippen molar-refractivity contribution in [2.45, 2.75) is 26.9 Å². The highest BCUT2D eigenvalue weighted by Crippen LogP contribution is 2.28. The molecule has 0 spiro atoms. The minimum atomic E-state index is -0.105. The first-order valence-corrected chi connectivity index (χ1v) is 6.68. The van der Waals surface area contributed by atoms with Crippen LogP contribution in [-0.4, -0.2) is 30.5 Å². The van der Waals surface area contributed by atoms with Crippen LogP contribution in [0.3, 0.4) is 0 Å². The van der Waals surface area contributed by atoms with Crippen molar-refractivity contribution in [1.29, 1.82) is 0 Å². The Balaban J connectivity index is 0.000000771. The molecule has 1 unspecified atom stereocenters. The molecule has 1 aliphatic rings. The highest BCUT2D eigenvalue weighted by molar-refractivity contribution is 6.31. The van der Waals surface area contributed by atoms with Crippen molar-refractivity contribution in [2.75, 3.05) is 19.7 Å². The third-order valence-electron chi connectivity index (χ3n) is 2.76. The van der Waals surface area contributed by atoms with Gasteiger partial charge in [-0.2, -0.15) is 0 Å². The Morgan fingerprint density at radius 3 is 2.67 bits per heavy atom. The van der Waals surface area contributed by atoms with E-state index >= 15 is 0 Å². The van der Waals surface area contributed by atoms with Gasteiger partial charge in [-0.15, -0.1) is 0 Å². The molecule has 1 fully saturated rings. The Bertz CT molecular complexity index is 395. The second-order valence-corrected chi connectivity index (χ2v) is 4.25. The van der Waals surface area contributed by atoms with Crippen LogP contribution in [0.25, 0.3) is 0 Å². The monoisotopic (exact) mass is 269 g/mol. The molecule has 1 amide bonds. The first-order valence-electron chi connectivity index (χ1n) is 6.30. The number of hydrogen-bond donors (Lipinski definition) is 0. The van der Waals surface area contributed by atoms with Crippen LogP contribution in [0, 0.1) is 0 Å². The quantitative estimate of drug-likeness (QED) is 0.783. The van der Waals surface area contributed by atoms with Crippen molar-refractivity contribution in [3.63, 3.8) is 0 Å². The molecule has 1 atom stereocenters. The van der Waals surface area contributed by atoms with Gasteiger partial charge < -0.3 is 9.64 Å². The van der Waals surface area contributed by atoms with E-state index in [9.17, 15) is 4.79 Å². The van der Waals surface area contributed by atoms with Crippen LogP contribution in [0.15, 0.2) is 24.3 Å². The number of carbonyl (C=O) groups is 1. The molecule has 0 radical (unpaired) electrons. The Morgan fingerprint density at radius 1 is 1.39 bits per heavy atom. The predicted octanol–water partition coefficient (Wildman–Crippen LogP) is 3.29. The lowest BCUT2D eigenvalue weighted by atomic mass is 10.1. The SMILES string of the molecule is CC.CC(=O)N1CCOC(c2ccccc2Cl)C1.